The smallest absolute Gasteiger partial charge is 0.119 e. The van der Waals surface area contributed by atoms with Gasteiger partial charge < -0.3 is 10.1 Å². The molecule has 1 heterocycles. The van der Waals surface area contributed by atoms with Crippen molar-refractivity contribution in [2.75, 3.05) is 20.2 Å². The minimum Gasteiger partial charge on any atom is -0.497 e. The van der Waals surface area contributed by atoms with Crippen molar-refractivity contribution >= 4 is 0 Å². The zero-order valence-electron chi connectivity index (χ0n) is 10.2. The van der Waals surface area contributed by atoms with Crippen LogP contribution in [-0.2, 0) is 6.42 Å². The molecule has 1 aromatic rings. The monoisotopic (exact) mass is 230 g/mol. The molecule has 0 amide bonds. The van der Waals surface area contributed by atoms with Crippen LogP contribution in [0.4, 0.5) is 0 Å². The van der Waals surface area contributed by atoms with Crippen molar-refractivity contribution in [2.24, 2.45) is 5.41 Å². The van der Waals surface area contributed by atoms with Crippen LogP contribution in [0.3, 0.4) is 0 Å². The van der Waals surface area contributed by atoms with E-state index < -0.39 is 0 Å². The minimum atomic E-state index is -0.245. The second-order valence-electron chi connectivity index (χ2n) is 4.70. The highest BCUT2D eigenvalue weighted by Gasteiger charge is 2.32. The van der Waals surface area contributed by atoms with Crippen LogP contribution in [0.2, 0.25) is 0 Å². The third kappa shape index (κ3) is 2.78. The molecule has 0 bridgehead atoms. The first-order chi connectivity index (χ1) is 8.28. The van der Waals surface area contributed by atoms with Crippen LogP contribution in [0.1, 0.15) is 18.4 Å². The molecule has 2 rings (SSSR count). The number of rotatable bonds is 3. The van der Waals surface area contributed by atoms with E-state index in [-0.39, 0.29) is 5.41 Å². The summed E-state index contributed by atoms with van der Waals surface area (Å²) in [7, 11) is 1.67. The van der Waals surface area contributed by atoms with E-state index in [0.717, 1.165) is 38.1 Å². The van der Waals surface area contributed by atoms with Gasteiger partial charge in [-0.15, -0.1) is 0 Å². The predicted molar refractivity (Wildman–Crippen MR) is 66.8 cm³/mol. The molecule has 0 spiro atoms. The Hall–Kier alpha value is -1.53. The maximum atomic E-state index is 9.41. The fourth-order valence-corrected chi connectivity index (χ4v) is 2.43. The standard InChI is InChI=1S/C14H18N2O/c1-17-13-5-2-4-12(8-13)9-14(10-15)6-3-7-16-11-14/h2,4-5,8,16H,3,6-7,9,11H2,1H3. The summed E-state index contributed by atoms with van der Waals surface area (Å²) in [5.74, 6) is 0.861. The average molecular weight is 230 g/mol. The largest absolute Gasteiger partial charge is 0.497 e. The van der Waals surface area contributed by atoms with Gasteiger partial charge in [0.1, 0.15) is 5.75 Å². The first-order valence-electron chi connectivity index (χ1n) is 6.03. The average Bonchev–Trinajstić information content (AvgIpc) is 2.40. The molecule has 1 fully saturated rings. The van der Waals surface area contributed by atoms with Crippen LogP contribution < -0.4 is 10.1 Å². The van der Waals surface area contributed by atoms with Crippen molar-refractivity contribution in [3.05, 3.63) is 29.8 Å². The molecule has 3 nitrogen and oxygen atoms in total. The van der Waals surface area contributed by atoms with Crippen LogP contribution in [0.15, 0.2) is 24.3 Å². The molecule has 3 heteroatoms. The molecule has 1 unspecified atom stereocenters. The lowest BCUT2D eigenvalue weighted by molar-refractivity contribution is 0.285. The summed E-state index contributed by atoms with van der Waals surface area (Å²) in [6.45, 7) is 1.82. The van der Waals surface area contributed by atoms with Crippen LogP contribution in [0, 0.1) is 16.7 Å². The third-order valence-corrected chi connectivity index (χ3v) is 3.39. The van der Waals surface area contributed by atoms with E-state index in [9.17, 15) is 5.26 Å². The SMILES string of the molecule is COc1cccc(CC2(C#N)CCCNC2)c1. The van der Waals surface area contributed by atoms with Crippen molar-refractivity contribution in [3.63, 3.8) is 0 Å². The molecule has 1 N–H and O–H groups in total. The molecular weight excluding hydrogens is 212 g/mol. The molecule has 90 valence electrons. The Bertz CT molecular complexity index is 416. The van der Waals surface area contributed by atoms with Crippen molar-refractivity contribution in [2.45, 2.75) is 19.3 Å². The highest BCUT2D eigenvalue weighted by molar-refractivity contribution is 5.30. The third-order valence-electron chi connectivity index (χ3n) is 3.39. The Morgan fingerprint density at radius 3 is 3.06 bits per heavy atom. The number of nitrogens with zero attached hydrogens (tertiary/aromatic N) is 1. The summed E-state index contributed by atoms with van der Waals surface area (Å²) >= 11 is 0. The summed E-state index contributed by atoms with van der Waals surface area (Å²) in [4.78, 5) is 0. The first kappa shape index (κ1) is 11.9. The molecule has 17 heavy (non-hydrogen) atoms. The Labute approximate surface area is 102 Å². The van der Waals surface area contributed by atoms with Crippen LogP contribution >= 0.6 is 0 Å². The summed E-state index contributed by atoms with van der Waals surface area (Å²) in [5.41, 5.74) is 0.930. The highest BCUT2D eigenvalue weighted by atomic mass is 16.5. The molecule has 0 saturated carbocycles. The quantitative estimate of drug-likeness (QED) is 0.865. The Kier molecular flexibility index (Phi) is 3.65. The van der Waals surface area contributed by atoms with E-state index in [1.165, 1.54) is 5.56 Å². The van der Waals surface area contributed by atoms with Gasteiger partial charge in [0.05, 0.1) is 18.6 Å². The molecular formula is C14H18N2O. The van der Waals surface area contributed by atoms with Crippen molar-refractivity contribution in [3.8, 4) is 11.8 Å². The number of nitriles is 1. The molecule has 0 aliphatic carbocycles. The number of piperidine rings is 1. The zero-order valence-corrected chi connectivity index (χ0v) is 10.2. The Balaban J connectivity index is 2.15. The zero-order chi connectivity index (χ0) is 12.1. The van der Waals surface area contributed by atoms with Gasteiger partial charge >= 0.3 is 0 Å². The summed E-state index contributed by atoms with van der Waals surface area (Å²) in [5, 5.41) is 12.7. The topological polar surface area (TPSA) is 45.0 Å². The number of benzene rings is 1. The number of nitrogens with one attached hydrogen (secondary N) is 1. The number of ether oxygens (including phenoxy) is 1. The van der Waals surface area contributed by atoms with Crippen molar-refractivity contribution in [1.82, 2.24) is 5.32 Å². The van der Waals surface area contributed by atoms with Gasteiger partial charge in [0, 0.05) is 6.54 Å². The number of methoxy groups -OCH3 is 1. The van der Waals surface area contributed by atoms with Crippen LogP contribution in [0.25, 0.3) is 0 Å². The fourth-order valence-electron chi connectivity index (χ4n) is 2.43. The molecule has 1 saturated heterocycles. The van der Waals surface area contributed by atoms with Crippen LogP contribution in [-0.4, -0.2) is 20.2 Å². The first-order valence-corrected chi connectivity index (χ1v) is 6.03. The molecule has 0 radical (unpaired) electrons. The van der Waals surface area contributed by atoms with Gasteiger partial charge in [-0.25, -0.2) is 0 Å². The van der Waals surface area contributed by atoms with Gasteiger partial charge in [-0.1, -0.05) is 12.1 Å². The highest BCUT2D eigenvalue weighted by Crippen LogP contribution is 2.30. The second-order valence-corrected chi connectivity index (χ2v) is 4.70. The fraction of sp³-hybridized carbons (Fsp3) is 0.500. The van der Waals surface area contributed by atoms with Gasteiger partial charge in [-0.3, -0.25) is 0 Å². The molecule has 1 atom stereocenters. The van der Waals surface area contributed by atoms with Gasteiger partial charge in [0.15, 0.2) is 0 Å². The maximum absolute atomic E-state index is 9.41. The summed E-state index contributed by atoms with van der Waals surface area (Å²) < 4.78 is 5.21. The minimum absolute atomic E-state index is 0.245. The lowest BCUT2D eigenvalue weighted by Crippen LogP contribution is -2.40. The van der Waals surface area contributed by atoms with E-state index in [4.69, 9.17) is 4.74 Å². The predicted octanol–water partition coefficient (Wildman–Crippen LogP) is 2.13. The Morgan fingerprint density at radius 1 is 1.53 bits per heavy atom. The van der Waals surface area contributed by atoms with Gasteiger partial charge in [0.25, 0.3) is 0 Å². The molecule has 1 aliphatic rings. The van der Waals surface area contributed by atoms with Gasteiger partial charge in [-0.05, 0) is 43.5 Å². The van der Waals surface area contributed by atoms with Gasteiger partial charge in [-0.2, -0.15) is 5.26 Å². The van der Waals surface area contributed by atoms with E-state index >= 15 is 0 Å². The number of hydrogen-bond acceptors (Lipinski definition) is 3. The van der Waals surface area contributed by atoms with Crippen molar-refractivity contribution in [1.29, 1.82) is 5.26 Å². The van der Waals surface area contributed by atoms with E-state index in [1.54, 1.807) is 7.11 Å². The van der Waals surface area contributed by atoms with E-state index in [2.05, 4.69) is 17.5 Å². The Morgan fingerprint density at radius 2 is 2.41 bits per heavy atom. The van der Waals surface area contributed by atoms with Crippen LogP contribution in [0.5, 0.6) is 5.75 Å². The molecule has 0 aromatic heterocycles. The number of hydrogen-bond donors (Lipinski definition) is 1. The van der Waals surface area contributed by atoms with Crippen molar-refractivity contribution < 1.29 is 4.74 Å². The summed E-state index contributed by atoms with van der Waals surface area (Å²) in [6, 6.07) is 10.5. The second kappa shape index (κ2) is 5.20. The summed E-state index contributed by atoms with van der Waals surface area (Å²) in [6.07, 6.45) is 2.86. The maximum Gasteiger partial charge on any atom is 0.119 e. The van der Waals surface area contributed by atoms with Gasteiger partial charge in [0.2, 0.25) is 0 Å². The lowest BCUT2D eigenvalue weighted by atomic mass is 9.77. The normalized spacial score (nSPS) is 24.0. The molecule has 1 aromatic carbocycles. The van der Waals surface area contributed by atoms with E-state index in [1.807, 2.05) is 18.2 Å². The lowest BCUT2D eigenvalue weighted by Gasteiger charge is -2.31. The molecule has 1 aliphatic heterocycles. The van der Waals surface area contributed by atoms with E-state index in [0.29, 0.717) is 0 Å².